The van der Waals surface area contributed by atoms with Gasteiger partial charge in [-0.05, 0) is 19.2 Å². The van der Waals surface area contributed by atoms with Crippen molar-refractivity contribution in [2.75, 3.05) is 12.9 Å². The van der Waals surface area contributed by atoms with Crippen LogP contribution in [0.15, 0.2) is 6.07 Å². The van der Waals surface area contributed by atoms with Crippen molar-refractivity contribution in [3.8, 4) is 0 Å². The van der Waals surface area contributed by atoms with E-state index in [1.165, 1.54) is 11.8 Å². The first-order valence-electron chi connectivity index (χ1n) is 5.61. The number of amides is 1. The molecule has 0 spiro atoms. The van der Waals surface area contributed by atoms with Gasteiger partial charge in [0.15, 0.2) is 23.3 Å². The monoisotopic (exact) mass is 311 g/mol. The number of carbonyl (C=O) groups excluding carboxylic acids is 1. The Morgan fingerprint density at radius 1 is 1.30 bits per heavy atom. The average Bonchev–Trinajstić information content (AvgIpc) is 2.41. The van der Waals surface area contributed by atoms with Crippen molar-refractivity contribution in [3.63, 3.8) is 0 Å². The van der Waals surface area contributed by atoms with E-state index in [-0.39, 0.29) is 11.9 Å². The summed E-state index contributed by atoms with van der Waals surface area (Å²) in [6.07, 6.45) is 1.70. The van der Waals surface area contributed by atoms with E-state index in [1.54, 1.807) is 13.2 Å². The highest BCUT2D eigenvalue weighted by Crippen LogP contribution is 2.19. The number of rotatable bonds is 5. The molecule has 0 heterocycles. The fourth-order valence-electron chi connectivity index (χ4n) is 1.55. The molecule has 0 aromatic heterocycles. The van der Waals surface area contributed by atoms with Crippen LogP contribution in [0.1, 0.15) is 17.3 Å². The van der Waals surface area contributed by atoms with Crippen LogP contribution in [0.25, 0.3) is 0 Å². The molecule has 0 aliphatic rings. The highest BCUT2D eigenvalue weighted by molar-refractivity contribution is 7.99. The highest BCUT2D eigenvalue weighted by atomic mass is 32.2. The van der Waals surface area contributed by atoms with Gasteiger partial charge >= 0.3 is 0 Å². The smallest absolute Gasteiger partial charge is 0.254 e. The van der Waals surface area contributed by atoms with Gasteiger partial charge in [-0.2, -0.15) is 11.8 Å². The molecule has 2 atom stereocenters. The minimum Gasteiger partial charge on any atom is -0.395 e. The van der Waals surface area contributed by atoms with E-state index < -0.39 is 40.8 Å². The number of halogens is 4. The number of aliphatic hydroxyl groups excluding tert-OH is 1. The maximum absolute atomic E-state index is 13.4. The molecule has 0 saturated heterocycles. The Morgan fingerprint density at radius 3 is 2.40 bits per heavy atom. The predicted octanol–water partition coefficient (Wildman–Crippen LogP) is 2.09. The van der Waals surface area contributed by atoms with E-state index in [0.717, 1.165) is 0 Å². The summed E-state index contributed by atoms with van der Waals surface area (Å²) in [6, 6.07) is -0.277. The third-order valence-corrected chi connectivity index (χ3v) is 3.91. The zero-order valence-corrected chi connectivity index (χ0v) is 11.5. The minimum atomic E-state index is -2.04. The van der Waals surface area contributed by atoms with Gasteiger partial charge in [0.05, 0.1) is 12.2 Å². The Morgan fingerprint density at radius 2 is 1.90 bits per heavy atom. The van der Waals surface area contributed by atoms with Crippen LogP contribution in [0.2, 0.25) is 0 Å². The van der Waals surface area contributed by atoms with Crippen molar-refractivity contribution in [2.45, 2.75) is 18.2 Å². The SMILES string of the molecule is CSC(CO)C(C)NC(=O)c1cc(F)c(F)c(F)c1F. The van der Waals surface area contributed by atoms with Crippen molar-refractivity contribution >= 4 is 17.7 Å². The van der Waals surface area contributed by atoms with Crippen molar-refractivity contribution in [1.29, 1.82) is 0 Å². The van der Waals surface area contributed by atoms with Crippen LogP contribution >= 0.6 is 11.8 Å². The normalized spacial score (nSPS) is 13.9. The van der Waals surface area contributed by atoms with Crippen LogP contribution < -0.4 is 5.32 Å². The van der Waals surface area contributed by atoms with E-state index >= 15 is 0 Å². The summed E-state index contributed by atoms with van der Waals surface area (Å²) in [5.74, 6) is -8.49. The summed E-state index contributed by atoms with van der Waals surface area (Å²) in [6.45, 7) is 1.31. The van der Waals surface area contributed by atoms with Crippen LogP contribution in [-0.2, 0) is 0 Å². The Labute approximate surface area is 117 Å². The Bertz CT molecular complexity index is 509. The van der Waals surface area contributed by atoms with E-state index in [2.05, 4.69) is 5.32 Å². The van der Waals surface area contributed by atoms with Crippen LogP contribution in [0.4, 0.5) is 17.6 Å². The molecule has 1 aromatic rings. The lowest BCUT2D eigenvalue weighted by molar-refractivity contribution is 0.0929. The molecule has 0 aliphatic carbocycles. The minimum absolute atomic E-state index is 0.239. The number of benzene rings is 1. The first kappa shape index (κ1) is 16.8. The van der Waals surface area contributed by atoms with Gasteiger partial charge in [-0.1, -0.05) is 0 Å². The predicted molar refractivity (Wildman–Crippen MR) is 67.6 cm³/mol. The summed E-state index contributed by atoms with van der Waals surface area (Å²) in [5, 5.41) is 11.0. The number of carbonyl (C=O) groups is 1. The molecule has 112 valence electrons. The lowest BCUT2D eigenvalue weighted by Crippen LogP contribution is -2.41. The standard InChI is InChI=1S/C12H13F4NO2S/c1-5(8(4-18)20-2)17-12(19)6-3-7(13)10(15)11(16)9(6)14/h3,5,8,18H,4H2,1-2H3,(H,17,19). The molecule has 3 nitrogen and oxygen atoms in total. The van der Waals surface area contributed by atoms with Crippen molar-refractivity contribution < 1.29 is 27.5 Å². The highest BCUT2D eigenvalue weighted by Gasteiger charge is 2.25. The van der Waals surface area contributed by atoms with Crippen LogP contribution in [-0.4, -0.2) is 35.2 Å². The Balaban J connectivity index is 2.99. The molecule has 1 aromatic carbocycles. The first-order chi connectivity index (χ1) is 9.33. The van der Waals surface area contributed by atoms with Gasteiger partial charge < -0.3 is 10.4 Å². The molecule has 0 radical (unpaired) electrons. The topological polar surface area (TPSA) is 49.3 Å². The van der Waals surface area contributed by atoms with E-state index in [4.69, 9.17) is 5.11 Å². The number of hydrogen-bond acceptors (Lipinski definition) is 3. The third-order valence-electron chi connectivity index (χ3n) is 2.75. The largest absolute Gasteiger partial charge is 0.395 e. The lowest BCUT2D eigenvalue weighted by atomic mass is 10.1. The second kappa shape index (κ2) is 6.94. The van der Waals surface area contributed by atoms with Gasteiger partial charge in [-0.3, -0.25) is 4.79 Å². The third kappa shape index (κ3) is 3.43. The quantitative estimate of drug-likeness (QED) is 0.497. The molecule has 0 saturated carbocycles. The van der Waals surface area contributed by atoms with Crippen molar-refractivity contribution in [2.24, 2.45) is 0 Å². The molecule has 0 aliphatic heterocycles. The van der Waals surface area contributed by atoms with Gasteiger partial charge in [-0.15, -0.1) is 0 Å². The number of aliphatic hydroxyl groups is 1. The molecular formula is C12H13F4NO2S. The average molecular weight is 311 g/mol. The second-order valence-electron chi connectivity index (χ2n) is 4.07. The molecule has 1 rings (SSSR count). The Hall–Kier alpha value is -1.28. The lowest BCUT2D eigenvalue weighted by Gasteiger charge is -2.21. The summed E-state index contributed by atoms with van der Waals surface area (Å²) in [4.78, 5) is 11.7. The van der Waals surface area contributed by atoms with Crippen molar-refractivity contribution in [1.82, 2.24) is 5.32 Å². The maximum atomic E-state index is 13.4. The molecular weight excluding hydrogens is 298 g/mol. The van der Waals surface area contributed by atoms with Crippen LogP contribution in [0.3, 0.4) is 0 Å². The van der Waals surface area contributed by atoms with E-state index in [9.17, 15) is 22.4 Å². The van der Waals surface area contributed by atoms with Crippen molar-refractivity contribution in [3.05, 3.63) is 34.9 Å². The summed E-state index contributed by atoms with van der Waals surface area (Å²) in [7, 11) is 0. The molecule has 0 bridgehead atoms. The molecule has 0 fully saturated rings. The van der Waals surface area contributed by atoms with Gasteiger partial charge in [0.1, 0.15) is 0 Å². The molecule has 20 heavy (non-hydrogen) atoms. The number of nitrogens with one attached hydrogen (secondary N) is 1. The maximum Gasteiger partial charge on any atom is 0.254 e. The van der Waals surface area contributed by atoms with Gasteiger partial charge in [-0.25, -0.2) is 17.6 Å². The summed E-state index contributed by atoms with van der Waals surface area (Å²) >= 11 is 1.26. The first-order valence-corrected chi connectivity index (χ1v) is 6.89. The molecule has 2 unspecified atom stereocenters. The molecule has 8 heteroatoms. The molecule has 1 amide bonds. The van der Waals surface area contributed by atoms with Gasteiger partial charge in [0.25, 0.3) is 5.91 Å². The zero-order chi connectivity index (χ0) is 15.4. The van der Waals surface area contributed by atoms with Crippen LogP contribution in [0.5, 0.6) is 0 Å². The van der Waals surface area contributed by atoms with E-state index in [0.29, 0.717) is 6.07 Å². The number of thioether (sulfide) groups is 1. The summed E-state index contributed by atoms with van der Waals surface area (Å²) < 4.78 is 52.2. The van der Waals surface area contributed by atoms with Crippen LogP contribution in [0, 0.1) is 23.3 Å². The molecule has 2 N–H and O–H groups in total. The Kier molecular flexibility index (Phi) is 5.82. The van der Waals surface area contributed by atoms with Gasteiger partial charge in [0, 0.05) is 11.3 Å². The fraction of sp³-hybridized carbons (Fsp3) is 0.417. The zero-order valence-electron chi connectivity index (χ0n) is 10.7. The fourth-order valence-corrected chi connectivity index (χ4v) is 2.18. The van der Waals surface area contributed by atoms with E-state index in [1.807, 2.05) is 0 Å². The number of hydrogen-bond donors (Lipinski definition) is 2. The van der Waals surface area contributed by atoms with Gasteiger partial charge in [0.2, 0.25) is 0 Å². The second-order valence-corrected chi connectivity index (χ2v) is 5.14. The summed E-state index contributed by atoms with van der Waals surface area (Å²) in [5.41, 5.74) is -0.925.